The van der Waals surface area contributed by atoms with Crippen molar-refractivity contribution in [3.8, 4) is 11.5 Å². The minimum Gasteiger partial charge on any atom is -0.454 e. The first-order chi connectivity index (χ1) is 13.1. The van der Waals surface area contributed by atoms with Crippen molar-refractivity contribution in [2.24, 2.45) is 0 Å². The number of nitrogens with zero attached hydrogens (tertiary/aromatic N) is 1. The molecule has 0 atom stereocenters. The summed E-state index contributed by atoms with van der Waals surface area (Å²) < 4.78 is 10.6. The molecule has 2 aromatic carbocycles. The van der Waals surface area contributed by atoms with Gasteiger partial charge in [0.1, 0.15) is 5.82 Å². The van der Waals surface area contributed by atoms with E-state index < -0.39 is 0 Å². The summed E-state index contributed by atoms with van der Waals surface area (Å²) in [6.07, 6.45) is 1.61. The quantitative estimate of drug-likeness (QED) is 0.719. The molecule has 0 saturated carbocycles. The van der Waals surface area contributed by atoms with Gasteiger partial charge < -0.3 is 20.1 Å². The molecule has 0 spiro atoms. The third kappa shape index (κ3) is 3.69. The molecule has 0 saturated heterocycles. The van der Waals surface area contributed by atoms with Gasteiger partial charge in [-0.3, -0.25) is 4.79 Å². The zero-order chi connectivity index (χ0) is 18.8. The molecule has 136 valence electrons. The van der Waals surface area contributed by atoms with E-state index in [2.05, 4.69) is 27.8 Å². The smallest absolute Gasteiger partial charge is 0.255 e. The summed E-state index contributed by atoms with van der Waals surface area (Å²) in [5, 5.41) is 6.15. The molecule has 0 unspecified atom stereocenters. The number of carbonyl (C=O) groups excluding carboxylic acids is 1. The first-order valence-corrected chi connectivity index (χ1v) is 8.60. The number of hydrogen-bond donors (Lipinski definition) is 2. The molecule has 0 aliphatic carbocycles. The summed E-state index contributed by atoms with van der Waals surface area (Å²) in [7, 11) is 0. The van der Waals surface area contributed by atoms with Crippen LogP contribution in [0.25, 0.3) is 0 Å². The van der Waals surface area contributed by atoms with Crippen molar-refractivity contribution in [2.45, 2.75) is 13.8 Å². The number of fused-ring (bicyclic) bond motifs is 1. The summed E-state index contributed by atoms with van der Waals surface area (Å²) in [6.45, 7) is 4.26. The molecular formula is C21H19N3O3. The van der Waals surface area contributed by atoms with Crippen LogP contribution in [0.3, 0.4) is 0 Å². The minimum absolute atomic E-state index is 0.199. The second-order valence-corrected chi connectivity index (χ2v) is 6.40. The number of aromatic nitrogens is 1. The summed E-state index contributed by atoms with van der Waals surface area (Å²) >= 11 is 0. The van der Waals surface area contributed by atoms with Gasteiger partial charge in [-0.25, -0.2) is 4.98 Å². The van der Waals surface area contributed by atoms with Crippen LogP contribution in [0.2, 0.25) is 0 Å². The monoisotopic (exact) mass is 361 g/mol. The minimum atomic E-state index is -0.222. The number of rotatable bonds is 4. The highest BCUT2D eigenvalue weighted by molar-refractivity contribution is 6.04. The Balaban J connectivity index is 1.51. The number of benzene rings is 2. The Hall–Kier alpha value is -3.54. The number of amides is 1. The Bertz CT molecular complexity index is 1020. The van der Waals surface area contributed by atoms with Crippen LogP contribution in [0.15, 0.2) is 54.7 Å². The van der Waals surface area contributed by atoms with Crippen LogP contribution in [0.1, 0.15) is 21.5 Å². The Morgan fingerprint density at radius 2 is 1.85 bits per heavy atom. The van der Waals surface area contributed by atoms with Crippen molar-refractivity contribution in [3.05, 3.63) is 71.4 Å². The average molecular weight is 361 g/mol. The predicted octanol–water partition coefficient (Wildman–Crippen LogP) is 4.42. The summed E-state index contributed by atoms with van der Waals surface area (Å²) in [5.74, 6) is 1.69. The van der Waals surface area contributed by atoms with E-state index in [9.17, 15) is 4.79 Å². The van der Waals surface area contributed by atoms with Crippen molar-refractivity contribution >= 4 is 23.1 Å². The number of anilines is 3. The van der Waals surface area contributed by atoms with Gasteiger partial charge in [-0.15, -0.1) is 0 Å². The molecule has 0 radical (unpaired) electrons. The van der Waals surface area contributed by atoms with E-state index in [1.165, 1.54) is 0 Å². The van der Waals surface area contributed by atoms with Gasteiger partial charge in [0.05, 0.1) is 0 Å². The molecule has 0 fully saturated rings. The molecule has 1 aliphatic rings. The topological polar surface area (TPSA) is 72.5 Å². The molecule has 2 heterocycles. The maximum absolute atomic E-state index is 12.6. The third-order valence-electron chi connectivity index (χ3n) is 4.31. The van der Waals surface area contributed by atoms with E-state index in [1.807, 2.05) is 19.9 Å². The fourth-order valence-corrected chi connectivity index (χ4v) is 2.83. The zero-order valence-corrected chi connectivity index (χ0v) is 15.1. The second kappa shape index (κ2) is 6.99. The first-order valence-electron chi connectivity index (χ1n) is 8.60. The van der Waals surface area contributed by atoms with Gasteiger partial charge in [0, 0.05) is 29.2 Å². The predicted molar refractivity (Wildman–Crippen MR) is 104 cm³/mol. The van der Waals surface area contributed by atoms with E-state index in [4.69, 9.17) is 9.47 Å². The molecule has 2 N–H and O–H groups in total. The highest BCUT2D eigenvalue weighted by Gasteiger charge is 2.15. The maximum atomic E-state index is 12.6. The zero-order valence-electron chi connectivity index (χ0n) is 15.1. The van der Waals surface area contributed by atoms with Gasteiger partial charge in [-0.05, 0) is 55.3 Å². The van der Waals surface area contributed by atoms with Crippen LogP contribution in [-0.2, 0) is 0 Å². The normalized spacial score (nSPS) is 11.9. The SMILES string of the molecule is Cc1ccc(C)c(Nc2cc(C(=O)Nc3ccc4c(c3)OCO4)ccn2)c1. The summed E-state index contributed by atoms with van der Waals surface area (Å²) in [5.41, 5.74) is 4.38. The number of pyridine rings is 1. The Labute approximate surface area is 157 Å². The van der Waals surface area contributed by atoms with Crippen LogP contribution >= 0.6 is 0 Å². The summed E-state index contributed by atoms with van der Waals surface area (Å²) in [6, 6.07) is 14.9. The number of aryl methyl sites for hydroxylation is 2. The van der Waals surface area contributed by atoms with E-state index in [-0.39, 0.29) is 12.7 Å². The molecule has 1 aromatic heterocycles. The van der Waals surface area contributed by atoms with Crippen molar-refractivity contribution < 1.29 is 14.3 Å². The molecule has 3 aromatic rings. The van der Waals surface area contributed by atoms with Crippen LogP contribution < -0.4 is 20.1 Å². The molecule has 6 nitrogen and oxygen atoms in total. The fourth-order valence-electron chi connectivity index (χ4n) is 2.83. The lowest BCUT2D eigenvalue weighted by Gasteiger charge is -2.11. The largest absolute Gasteiger partial charge is 0.454 e. The Morgan fingerprint density at radius 3 is 2.74 bits per heavy atom. The van der Waals surface area contributed by atoms with Crippen molar-refractivity contribution in [2.75, 3.05) is 17.4 Å². The van der Waals surface area contributed by atoms with Crippen LogP contribution in [0.4, 0.5) is 17.2 Å². The number of carbonyl (C=O) groups is 1. The highest BCUT2D eigenvalue weighted by atomic mass is 16.7. The second-order valence-electron chi connectivity index (χ2n) is 6.40. The molecule has 6 heteroatoms. The third-order valence-corrected chi connectivity index (χ3v) is 4.31. The molecule has 1 aliphatic heterocycles. The highest BCUT2D eigenvalue weighted by Crippen LogP contribution is 2.34. The lowest BCUT2D eigenvalue weighted by molar-refractivity contribution is 0.102. The molecule has 4 rings (SSSR count). The standard InChI is InChI=1S/C21H19N3O3/c1-13-3-4-14(2)17(9-13)24-20-10-15(7-8-22-20)21(25)23-16-5-6-18-19(11-16)27-12-26-18/h3-11H,12H2,1-2H3,(H,22,24)(H,23,25). The van der Waals surface area contributed by atoms with Crippen molar-refractivity contribution in [1.29, 1.82) is 0 Å². The fraction of sp³-hybridized carbons (Fsp3) is 0.143. The van der Waals surface area contributed by atoms with Gasteiger partial charge in [0.25, 0.3) is 5.91 Å². The van der Waals surface area contributed by atoms with Gasteiger partial charge in [-0.1, -0.05) is 12.1 Å². The lowest BCUT2D eigenvalue weighted by Crippen LogP contribution is -2.12. The van der Waals surface area contributed by atoms with Crippen molar-refractivity contribution in [3.63, 3.8) is 0 Å². The Morgan fingerprint density at radius 1 is 1.00 bits per heavy atom. The molecule has 27 heavy (non-hydrogen) atoms. The van der Waals surface area contributed by atoms with E-state index in [1.54, 1.807) is 36.5 Å². The number of hydrogen-bond acceptors (Lipinski definition) is 5. The average Bonchev–Trinajstić information content (AvgIpc) is 3.13. The van der Waals surface area contributed by atoms with E-state index >= 15 is 0 Å². The van der Waals surface area contributed by atoms with E-state index in [0.717, 1.165) is 16.8 Å². The van der Waals surface area contributed by atoms with Gasteiger partial charge in [-0.2, -0.15) is 0 Å². The van der Waals surface area contributed by atoms with Gasteiger partial charge in [0.2, 0.25) is 6.79 Å². The first kappa shape index (κ1) is 16.9. The van der Waals surface area contributed by atoms with Crippen LogP contribution in [0.5, 0.6) is 11.5 Å². The maximum Gasteiger partial charge on any atom is 0.255 e. The van der Waals surface area contributed by atoms with Crippen LogP contribution in [0, 0.1) is 13.8 Å². The number of ether oxygens (including phenoxy) is 2. The number of nitrogens with one attached hydrogen (secondary N) is 2. The lowest BCUT2D eigenvalue weighted by atomic mass is 10.1. The van der Waals surface area contributed by atoms with E-state index in [0.29, 0.717) is 28.6 Å². The summed E-state index contributed by atoms with van der Waals surface area (Å²) in [4.78, 5) is 16.9. The molecule has 0 bridgehead atoms. The van der Waals surface area contributed by atoms with Gasteiger partial charge in [0.15, 0.2) is 11.5 Å². The van der Waals surface area contributed by atoms with Crippen LogP contribution in [-0.4, -0.2) is 17.7 Å². The Kier molecular flexibility index (Phi) is 4.38. The molecular weight excluding hydrogens is 342 g/mol. The van der Waals surface area contributed by atoms with Gasteiger partial charge >= 0.3 is 0 Å². The van der Waals surface area contributed by atoms with Crippen molar-refractivity contribution in [1.82, 2.24) is 4.98 Å². The molecule has 1 amide bonds.